The lowest BCUT2D eigenvalue weighted by atomic mass is 9.74. The molecule has 2 N–H and O–H groups in total. The summed E-state index contributed by atoms with van der Waals surface area (Å²) in [6.07, 6.45) is 8.31. The molecule has 2 aromatic rings. The summed E-state index contributed by atoms with van der Waals surface area (Å²) >= 11 is 6.12. The first-order chi connectivity index (χ1) is 18.4. The van der Waals surface area contributed by atoms with Crippen molar-refractivity contribution in [2.45, 2.75) is 68.9 Å². The number of ether oxygens (including phenoxy) is 1. The van der Waals surface area contributed by atoms with Gasteiger partial charge in [0, 0.05) is 16.8 Å². The Kier molecular flexibility index (Phi) is 6.52. The number of carbonyl (C=O) groups excluding carboxylic acids is 3. The molecule has 4 aliphatic rings. The molecule has 1 saturated carbocycles. The van der Waals surface area contributed by atoms with Gasteiger partial charge in [-0.05, 0) is 43.5 Å². The van der Waals surface area contributed by atoms with Crippen LogP contribution in [0.25, 0.3) is 0 Å². The molecule has 38 heavy (non-hydrogen) atoms. The number of nitrogens with one attached hydrogen (secondary N) is 2. The van der Waals surface area contributed by atoms with Crippen LogP contribution in [0.1, 0.15) is 50.6 Å². The third-order valence-corrected chi connectivity index (χ3v) is 8.84. The molecule has 1 aliphatic carbocycles. The molecule has 6 atom stereocenters. The highest BCUT2D eigenvalue weighted by Crippen LogP contribution is 2.56. The average molecular weight is 534 g/mol. The van der Waals surface area contributed by atoms with Crippen LogP contribution < -0.4 is 10.6 Å². The summed E-state index contributed by atoms with van der Waals surface area (Å²) in [7, 11) is 0. The van der Waals surface area contributed by atoms with Gasteiger partial charge in [0.2, 0.25) is 17.7 Å². The third-order valence-electron chi connectivity index (χ3n) is 8.61. The zero-order valence-corrected chi connectivity index (χ0v) is 22.1. The Bertz CT molecular complexity index is 1280. The van der Waals surface area contributed by atoms with Crippen LogP contribution in [0.3, 0.4) is 0 Å². The van der Waals surface area contributed by atoms with E-state index in [-0.39, 0.29) is 29.8 Å². The van der Waals surface area contributed by atoms with Gasteiger partial charge in [0.1, 0.15) is 11.6 Å². The van der Waals surface area contributed by atoms with E-state index in [1.165, 1.54) is 6.42 Å². The number of fused-ring (bicyclic) bond motifs is 1. The van der Waals surface area contributed by atoms with Gasteiger partial charge < -0.3 is 20.3 Å². The zero-order valence-electron chi connectivity index (χ0n) is 21.3. The van der Waals surface area contributed by atoms with Crippen molar-refractivity contribution in [2.24, 2.45) is 11.8 Å². The summed E-state index contributed by atoms with van der Waals surface area (Å²) in [5, 5.41) is 6.65. The Hall–Kier alpha value is -3.16. The second kappa shape index (κ2) is 9.86. The van der Waals surface area contributed by atoms with Crippen LogP contribution in [-0.2, 0) is 19.1 Å². The summed E-state index contributed by atoms with van der Waals surface area (Å²) in [6, 6.07) is 15.4. The van der Waals surface area contributed by atoms with Crippen molar-refractivity contribution >= 4 is 35.0 Å². The van der Waals surface area contributed by atoms with E-state index in [0.717, 1.165) is 31.2 Å². The van der Waals surface area contributed by atoms with Crippen molar-refractivity contribution in [3.63, 3.8) is 0 Å². The van der Waals surface area contributed by atoms with Crippen LogP contribution in [0.4, 0.5) is 5.69 Å². The van der Waals surface area contributed by atoms with E-state index in [2.05, 4.69) is 10.6 Å². The van der Waals surface area contributed by atoms with Crippen LogP contribution in [0, 0.1) is 11.8 Å². The standard InChI is InChI=1S/C30H32ClN3O4/c1-18(19-9-4-2-5-10-19)34-26(28(36)32-21-12-6-3-7-13-21)30-16-15-23(38-30)24(25(30)29(34)37)27(35)33-22-14-8-11-20(31)17-22/h2,4-5,8-11,14-18,21,23-26H,3,6-7,12-13H2,1H3,(H,32,36)(H,33,35)/t18-,23+,24+,25+,26+,30+/m1/s1. The minimum absolute atomic E-state index is 0.0835. The lowest BCUT2D eigenvalue weighted by Gasteiger charge is -2.37. The average Bonchev–Trinajstić information content (AvgIpc) is 3.56. The molecule has 7 nitrogen and oxygen atoms in total. The van der Waals surface area contributed by atoms with Crippen LogP contribution in [0.15, 0.2) is 66.7 Å². The van der Waals surface area contributed by atoms with Crippen LogP contribution in [0.2, 0.25) is 5.02 Å². The number of amides is 3. The number of nitrogens with zero attached hydrogens (tertiary/aromatic N) is 1. The van der Waals surface area contributed by atoms with Crippen LogP contribution in [0.5, 0.6) is 0 Å². The van der Waals surface area contributed by atoms with E-state index >= 15 is 0 Å². The first kappa shape index (κ1) is 25.1. The minimum Gasteiger partial charge on any atom is -0.359 e. The van der Waals surface area contributed by atoms with Gasteiger partial charge >= 0.3 is 0 Å². The largest absolute Gasteiger partial charge is 0.359 e. The number of halogens is 1. The first-order valence-corrected chi connectivity index (χ1v) is 13.9. The summed E-state index contributed by atoms with van der Waals surface area (Å²) < 4.78 is 6.47. The second-order valence-corrected chi connectivity index (χ2v) is 11.3. The van der Waals surface area contributed by atoms with E-state index in [9.17, 15) is 14.4 Å². The second-order valence-electron chi connectivity index (χ2n) is 10.9. The fraction of sp³-hybridized carbons (Fsp3) is 0.433. The number of likely N-dealkylation sites (tertiary alicyclic amines) is 1. The molecule has 2 bridgehead atoms. The highest BCUT2D eigenvalue weighted by Gasteiger charge is 2.73. The Morgan fingerprint density at radius 2 is 1.82 bits per heavy atom. The molecule has 0 aromatic heterocycles. The molecular weight excluding hydrogens is 502 g/mol. The van der Waals surface area contributed by atoms with Crippen molar-refractivity contribution < 1.29 is 19.1 Å². The number of anilines is 1. The highest BCUT2D eigenvalue weighted by molar-refractivity contribution is 6.30. The number of hydrogen-bond acceptors (Lipinski definition) is 4. The maximum Gasteiger partial charge on any atom is 0.246 e. The smallest absolute Gasteiger partial charge is 0.246 e. The van der Waals surface area contributed by atoms with Crippen molar-refractivity contribution in [1.82, 2.24) is 10.2 Å². The summed E-state index contributed by atoms with van der Waals surface area (Å²) in [4.78, 5) is 43.5. The van der Waals surface area contributed by atoms with Gasteiger partial charge in [-0.1, -0.05) is 79.4 Å². The lowest BCUT2D eigenvalue weighted by Crippen LogP contribution is -2.56. The Labute approximate surface area is 227 Å². The SMILES string of the molecule is C[C@H](c1ccccc1)N1C(=O)[C@@H]2[C@@H](C(=O)Nc3cccc(Cl)c3)[C@@H]3C=C[C@@]2(O3)[C@@H]1C(=O)NC1CCCCC1. The summed E-state index contributed by atoms with van der Waals surface area (Å²) in [5.41, 5.74) is 0.279. The van der Waals surface area contributed by atoms with Crippen LogP contribution in [-0.4, -0.2) is 46.4 Å². The molecule has 3 fully saturated rings. The molecule has 6 rings (SSSR count). The molecular formula is C30H32ClN3O4. The molecule has 1 spiro atoms. The number of benzene rings is 2. The normalized spacial score (nSPS) is 30.8. The van der Waals surface area contributed by atoms with Crippen LogP contribution >= 0.6 is 11.6 Å². The van der Waals surface area contributed by atoms with Crippen molar-refractivity contribution in [3.05, 3.63) is 77.3 Å². The van der Waals surface area contributed by atoms with Gasteiger partial charge in [-0.3, -0.25) is 14.4 Å². The molecule has 3 aliphatic heterocycles. The third kappa shape index (κ3) is 4.12. The molecule has 2 aromatic carbocycles. The lowest BCUT2D eigenvalue weighted by molar-refractivity contribution is -0.143. The molecule has 8 heteroatoms. The van der Waals surface area contributed by atoms with Crippen molar-refractivity contribution in [2.75, 3.05) is 5.32 Å². The van der Waals surface area contributed by atoms with Gasteiger partial charge in [0.05, 0.1) is 24.0 Å². The van der Waals surface area contributed by atoms with Gasteiger partial charge in [0.25, 0.3) is 0 Å². The Morgan fingerprint density at radius 1 is 1.05 bits per heavy atom. The summed E-state index contributed by atoms with van der Waals surface area (Å²) in [6.45, 7) is 1.93. The number of hydrogen-bond donors (Lipinski definition) is 2. The van der Waals surface area contributed by atoms with Gasteiger partial charge in [-0.25, -0.2) is 0 Å². The molecule has 3 amide bonds. The predicted octanol–water partition coefficient (Wildman–Crippen LogP) is 4.64. The fourth-order valence-corrected chi connectivity index (χ4v) is 7.02. The van der Waals surface area contributed by atoms with Crippen molar-refractivity contribution in [3.8, 4) is 0 Å². The summed E-state index contributed by atoms with van der Waals surface area (Å²) in [5.74, 6) is -2.32. The van der Waals surface area contributed by atoms with Crippen molar-refractivity contribution in [1.29, 1.82) is 0 Å². The van der Waals surface area contributed by atoms with E-state index < -0.39 is 29.6 Å². The van der Waals surface area contributed by atoms with Gasteiger partial charge in [-0.15, -0.1) is 0 Å². The van der Waals surface area contributed by atoms with E-state index in [0.29, 0.717) is 10.7 Å². The predicted molar refractivity (Wildman–Crippen MR) is 144 cm³/mol. The molecule has 0 unspecified atom stereocenters. The van der Waals surface area contributed by atoms with Gasteiger partial charge in [0.15, 0.2) is 0 Å². The maximum atomic E-state index is 14.2. The Balaban J connectivity index is 1.35. The van der Waals surface area contributed by atoms with E-state index in [4.69, 9.17) is 16.3 Å². The minimum atomic E-state index is -1.19. The quantitative estimate of drug-likeness (QED) is 0.530. The number of rotatable bonds is 6. The molecule has 198 valence electrons. The molecule has 2 saturated heterocycles. The maximum absolute atomic E-state index is 14.2. The molecule has 3 heterocycles. The first-order valence-electron chi connectivity index (χ1n) is 13.5. The molecule has 0 radical (unpaired) electrons. The fourth-order valence-electron chi connectivity index (χ4n) is 6.83. The highest BCUT2D eigenvalue weighted by atomic mass is 35.5. The topological polar surface area (TPSA) is 87.7 Å². The monoisotopic (exact) mass is 533 g/mol. The van der Waals surface area contributed by atoms with E-state index in [1.807, 2.05) is 49.4 Å². The van der Waals surface area contributed by atoms with Gasteiger partial charge in [-0.2, -0.15) is 0 Å². The van der Waals surface area contributed by atoms with E-state index in [1.54, 1.807) is 29.2 Å². The number of carbonyl (C=O) groups is 3. The Morgan fingerprint density at radius 3 is 2.55 bits per heavy atom. The zero-order chi connectivity index (χ0) is 26.4.